The first-order valence-corrected chi connectivity index (χ1v) is 15.8. The average Bonchev–Trinajstić information content (AvgIpc) is 3.49. The van der Waals surface area contributed by atoms with Crippen molar-refractivity contribution in [2.24, 2.45) is 0 Å². The summed E-state index contributed by atoms with van der Waals surface area (Å²) in [5.41, 5.74) is -10.4. The fourth-order valence-electron chi connectivity index (χ4n) is 6.94. The number of pyridine rings is 1. The van der Waals surface area contributed by atoms with E-state index in [0.717, 1.165) is 28.0 Å². The van der Waals surface area contributed by atoms with Gasteiger partial charge in [0.15, 0.2) is 16.0 Å². The smallest absolute Gasteiger partial charge is 0.389 e. The molecule has 2 aromatic rings. The molecule has 47 heavy (non-hydrogen) atoms. The fourth-order valence-corrected chi connectivity index (χ4v) is 9.32. The third-order valence-electron chi connectivity index (χ3n) is 8.97. The Labute approximate surface area is 262 Å². The topological polar surface area (TPSA) is 108 Å². The first kappa shape index (κ1) is 34.9. The van der Waals surface area contributed by atoms with Crippen molar-refractivity contribution < 1.29 is 62.6 Å². The van der Waals surface area contributed by atoms with Crippen molar-refractivity contribution in [3.8, 4) is 0 Å². The van der Waals surface area contributed by atoms with Crippen molar-refractivity contribution in [2.45, 2.75) is 91.1 Å². The number of halogens is 9. The minimum Gasteiger partial charge on any atom is -0.389 e. The highest BCUT2D eigenvalue weighted by Crippen LogP contribution is 2.56. The van der Waals surface area contributed by atoms with Crippen molar-refractivity contribution in [3.63, 3.8) is 0 Å². The number of hydrogen-bond acceptors (Lipinski definition) is 6. The quantitative estimate of drug-likeness (QED) is 0.447. The van der Waals surface area contributed by atoms with E-state index in [2.05, 4.69) is 4.98 Å². The highest BCUT2D eigenvalue weighted by molar-refractivity contribution is 7.92. The number of fused-ring (bicyclic) bond motifs is 3. The van der Waals surface area contributed by atoms with Gasteiger partial charge in [0.25, 0.3) is 5.91 Å². The Hall–Kier alpha value is -3.41. The number of carbonyl (C=O) groups is 2. The molecule has 0 spiro atoms. The van der Waals surface area contributed by atoms with Crippen LogP contribution in [0.3, 0.4) is 0 Å². The number of rotatable bonds is 6. The molecule has 1 aliphatic carbocycles. The third-order valence-corrected chi connectivity index (χ3v) is 11.5. The van der Waals surface area contributed by atoms with E-state index < -0.39 is 128 Å². The van der Waals surface area contributed by atoms with Crippen LogP contribution in [0.4, 0.5) is 39.5 Å². The Morgan fingerprint density at radius 1 is 1.09 bits per heavy atom. The summed E-state index contributed by atoms with van der Waals surface area (Å²) >= 11 is 0. The normalized spacial score (nSPS) is 25.6. The lowest BCUT2D eigenvalue weighted by Crippen LogP contribution is -2.56. The second-order valence-corrected chi connectivity index (χ2v) is 14.8. The molecule has 8 nitrogen and oxygen atoms in total. The minimum atomic E-state index is -6.49. The number of hydrogen-bond donors (Lipinski definition) is 1. The van der Waals surface area contributed by atoms with Crippen LogP contribution in [0.1, 0.15) is 49.9 Å². The molecule has 0 radical (unpaired) electrons. The molecule has 0 saturated carbocycles. The lowest BCUT2D eigenvalue weighted by molar-refractivity contribution is -0.350. The van der Waals surface area contributed by atoms with Crippen molar-refractivity contribution in [1.29, 1.82) is 0 Å². The molecule has 3 aliphatic rings. The summed E-state index contributed by atoms with van der Waals surface area (Å²) in [6, 6.07) is 0.966. The van der Waals surface area contributed by atoms with Gasteiger partial charge in [0.1, 0.15) is 16.6 Å². The Balaban J connectivity index is 1.67. The van der Waals surface area contributed by atoms with Gasteiger partial charge in [-0.1, -0.05) is 6.07 Å². The summed E-state index contributed by atoms with van der Waals surface area (Å²) in [5, 5.41) is 10.3. The minimum absolute atomic E-state index is 0.203. The Kier molecular flexibility index (Phi) is 8.22. The molecule has 4 atom stereocenters. The van der Waals surface area contributed by atoms with E-state index in [9.17, 15) is 62.6 Å². The van der Waals surface area contributed by atoms with Gasteiger partial charge >= 0.3 is 18.0 Å². The van der Waals surface area contributed by atoms with E-state index in [4.69, 9.17) is 0 Å². The van der Waals surface area contributed by atoms with Crippen molar-refractivity contribution in [1.82, 2.24) is 14.8 Å². The SMILES string of the molecule is CC(C)(O)CN1C(=O)[C@H](F)C[C@H]1C(=O)N1CCC2(S(=O)(=O)c3cccc(F)c3)c3cnc(C(F)(C(F)(F)F)C(F)(F)F)cc3CCC12. The van der Waals surface area contributed by atoms with Crippen molar-refractivity contribution >= 4 is 21.7 Å². The van der Waals surface area contributed by atoms with Crippen LogP contribution in [0.2, 0.25) is 0 Å². The van der Waals surface area contributed by atoms with Crippen LogP contribution < -0.4 is 0 Å². The van der Waals surface area contributed by atoms with Gasteiger partial charge in [0, 0.05) is 25.7 Å². The first-order valence-electron chi connectivity index (χ1n) is 14.3. The molecule has 2 saturated heterocycles. The predicted octanol–water partition coefficient (Wildman–Crippen LogP) is 4.44. The van der Waals surface area contributed by atoms with E-state index in [1.54, 1.807) is 0 Å². The number of likely N-dealkylation sites (tertiary alicyclic amines) is 2. The Morgan fingerprint density at radius 2 is 1.72 bits per heavy atom. The van der Waals surface area contributed by atoms with Crippen molar-refractivity contribution in [2.75, 3.05) is 13.1 Å². The number of β-amino-alcohol motifs (C(OH)–C–C–N with tert-alkyl or cyclic N) is 1. The number of aliphatic hydroxyl groups is 1. The molecule has 5 rings (SSSR count). The van der Waals surface area contributed by atoms with Gasteiger partial charge in [0.2, 0.25) is 5.91 Å². The number of alkyl halides is 8. The molecule has 258 valence electrons. The number of amides is 2. The van der Waals surface area contributed by atoms with Gasteiger partial charge in [-0.15, -0.1) is 0 Å². The Morgan fingerprint density at radius 3 is 2.30 bits per heavy atom. The molecule has 0 bridgehead atoms. The van der Waals surface area contributed by atoms with Gasteiger partial charge in [-0.2, -0.15) is 26.3 Å². The van der Waals surface area contributed by atoms with E-state index in [1.165, 1.54) is 13.8 Å². The van der Waals surface area contributed by atoms with Crippen LogP contribution in [-0.4, -0.2) is 89.4 Å². The lowest BCUT2D eigenvalue weighted by atomic mass is 9.78. The summed E-state index contributed by atoms with van der Waals surface area (Å²) in [4.78, 5) is 31.0. The summed E-state index contributed by atoms with van der Waals surface area (Å²) in [7, 11) is -4.86. The molecule has 2 unspecified atom stereocenters. The van der Waals surface area contributed by atoms with Crippen LogP contribution in [0.5, 0.6) is 0 Å². The largest absolute Gasteiger partial charge is 0.437 e. The summed E-state index contributed by atoms with van der Waals surface area (Å²) in [5.74, 6) is -2.99. The molecule has 2 amide bonds. The first-order chi connectivity index (χ1) is 21.5. The maximum Gasteiger partial charge on any atom is 0.437 e. The molecule has 2 aliphatic heterocycles. The zero-order chi connectivity index (χ0) is 35.1. The monoisotopic (exact) mass is 701 g/mol. The number of benzene rings is 1. The van der Waals surface area contributed by atoms with Crippen LogP contribution in [0.15, 0.2) is 41.4 Å². The second-order valence-electron chi connectivity index (χ2n) is 12.6. The summed E-state index contributed by atoms with van der Waals surface area (Å²) < 4.78 is 152. The van der Waals surface area contributed by atoms with Gasteiger partial charge in [0.05, 0.1) is 22.2 Å². The second kappa shape index (κ2) is 11.1. The van der Waals surface area contributed by atoms with Crippen LogP contribution in [0, 0.1) is 5.82 Å². The van der Waals surface area contributed by atoms with Crippen LogP contribution >= 0.6 is 0 Å². The fraction of sp³-hybridized carbons (Fsp3) is 0.552. The number of aryl methyl sites for hydroxylation is 1. The number of aromatic nitrogens is 1. The van der Waals surface area contributed by atoms with E-state index in [-0.39, 0.29) is 12.5 Å². The van der Waals surface area contributed by atoms with Crippen molar-refractivity contribution in [3.05, 3.63) is 59.2 Å². The molecular formula is C29H28F9N3O5S. The average molecular weight is 702 g/mol. The molecule has 18 heteroatoms. The highest BCUT2D eigenvalue weighted by atomic mass is 32.2. The third kappa shape index (κ3) is 5.34. The van der Waals surface area contributed by atoms with Gasteiger partial charge in [-0.25, -0.2) is 21.6 Å². The zero-order valence-electron chi connectivity index (χ0n) is 24.7. The lowest BCUT2D eigenvalue weighted by Gasteiger charge is -2.43. The maximum atomic E-state index is 15.0. The molecule has 1 N–H and O–H groups in total. The highest BCUT2D eigenvalue weighted by Gasteiger charge is 2.75. The molecular weight excluding hydrogens is 673 g/mol. The van der Waals surface area contributed by atoms with E-state index >= 15 is 0 Å². The summed E-state index contributed by atoms with van der Waals surface area (Å²) in [6.07, 6.45) is -16.7. The van der Waals surface area contributed by atoms with Crippen LogP contribution in [0.25, 0.3) is 0 Å². The zero-order valence-corrected chi connectivity index (χ0v) is 25.5. The van der Waals surface area contributed by atoms with Crippen LogP contribution in [-0.2, 0) is 36.3 Å². The predicted molar refractivity (Wildman–Crippen MR) is 144 cm³/mol. The standard InChI is InChI=1S/C29H28F9N3O5S/c1-25(2,44)14-41-20(12-19(31)23(41)42)24(43)40-9-8-26(47(45,46)17-5-3-4-16(30)11-17)18-13-39-21(10-15(18)6-7-22(26)40)27(32,28(33,34)35)29(36,37)38/h3-5,10-11,13,19-20,22,44H,6-9,12,14H2,1-2H3/t19-,20+,22?,26?/m1/s1. The molecule has 2 fully saturated rings. The van der Waals surface area contributed by atoms with Gasteiger partial charge in [-0.3, -0.25) is 14.6 Å². The summed E-state index contributed by atoms with van der Waals surface area (Å²) in [6.45, 7) is 1.76. The molecule has 1 aromatic carbocycles. The number of sulfone groups is 1. The Bertz CT molecular complexity index is 1700. The van der Waals surface area contributed by atoms with Gasteiger partial charge < -0.3 is 14.9 Å². The van der Waals surface area contributed by atoms with E-state index in [0.29, 0.717) is 12.3 Å². The number of carbonyl (C=O) groups excluding carboxylic acids is 2. The maximum absolute atomic E-state index is 15.0. The van der Waals surface area contributed by atoms with E-state index in [1.807, 2.05) is 0 Å². The van der Waals surface area contributed by atoms with Gasteiger partial charge in [-0.05, 0) is 68.5 Å². The molecule has 1 aromatic heterocycles. The molecule has 3 heterocycles. The number of nitrogens with zero attached hydrogens (tertiary/aromatic N) is 3.